The summed E-state index contributed by atoms with van der Waals surface area (Å²) in [6, 6.07) is 20.7. The Morgan fingerprint density at radius 3 is 2.08 bits per heavy atom. The Hall–Kier alpha value is -4.94. The van der Waals surface area contributed by atoms with Crippen LogP contribution in [-0.4, -0.2) is 84.1 Å². The van der Waals surface area contributed by atoms with Gasteiger partial charge in [0.2, 0.25) is 17.7 Å². The minimum Gasteiger partial charge on any atom is -0.497 e. The summed E-state index contributed by atoms with van der Waals surface area (Å²) >= 11 is 0. The van der Waals surface area contributed by atoms with Crippen LogP contribution in [0.3, 0.4) is 0 Å². The van der Waals surface area contributed by atoms with Crippen LogP contribution in [0.25, 0.3) is 0 Å². The van der Waals surface area contributed by atoms with Crippen molar-refractivity contribution in [1.29, 1.82) is 0 Å². The van der Waals surface area contributed by atoms with Crippen molar-refractivity contribution in [2.45, 2.75) is 69.1 Å². The van der Waals surface area contributed by atoms with Crippen molar-refractivity contribution in [2.75, 3.05) is 20.3 Å². The number of nitrogens with zero attached hydrogens (tertiary/aromatic N) is 1. The fourth-order valence-corrected chi connectivity index (χ4v) is 5.71. The summed E-state index contributed by atoms with van der Waals surface area (Å²) in [5.74, 6) is -2.56. The highest BCUT2D eigenvalue weighted by Crippen LogP contribution is 2.20. The van der Waals surface area contributed by atoms with E-state index in [9.17, 15) is 29.1 Å². The largest absolute Gasteiger partial charge is 0.497 e. The maximum absolute atomic E-state index is 13.9. The number of carbonyl (C=O) groups is 5. The second-order valence-corrected chi connectivity index (χ2v) is 12.0. The van der Waals surface area contributed by atoms with Crippen molar-refractivity contribution in [3.05, 3.63) is 102 Å². The number of nitrogens with two attached hydrogens (primary N) is 1. The van der Waals surface area contributed by atoms with E-state index >= 15 is 0 Å². The van der Waals surface area contributed by atoms with Gasteiger partial charge in [-0.15, -0.1) is 12.4 Å². The third-order valence-electron chi connectivity index (χ3n) is 8.44. The van der Waals surface area contributed by atoms with Gasteiger partial charge in [-0.1, -0.05) is 60.7 Å². The summed E-state index contributed by atoms with van der Waals surface area (Å²) in [6.07, 6.45) is 2.37. The molecule has 12 nitrogen and oxygen atoms in total. The van der Waals surface area contributed by atoms with E-state index in [4.69, 9.17) is 15.2 Å². The highest BCUT2D eigenvalue weighted by Gasteiger charge is 2.38. The number of carboxylic acid groups (broad SMARTS) is 1. The van der Waals surface area contributed by atoms with Crippen LogP contribution < -0.4 is 21.1 Å². The number of carboxylic acids is 1. The molecule has 0 radical (unpaired) electrons. The second-order valence-electron chi connectivity index (χ2n) is 12.0. The lowest BCUT2D eigenvalue weighted by atomic mass is 10.0. The van der Waals surface area contributed by atoms with E-state index < -0.39 is 53.8 Å². The van der Waals surface area contributed by atoms with Crippen molar-refractivity contribution in [3.63, 3.8) is 0 Å². The lowest BCUT2D eigenvalue weighted by molar-refractivity contribution is -0.149. The molecule has 268 valence electrons. The van der Waals surface area contributed by atoms with E-state index in [0.29, 0.717) is 37.0 Å². The molecule has 0 aromatic heterocycles. The number of esters is 1. The maximum atomic E-state index is 13.9. The van der Waals surface area contributed by atoms with E-state index in [1.807, 2.05) is 36.4 Å². The quantitative estimate of drug-likeness (QED) is 0.121. The number of aliphatic carboxylic acids is 1. The third kappa shape index (κ3) is 11.6. The number of benzene rings is 3. The molecule has 1 aliphatic heterocycles. The number of likely N-dealkylation sites (tertiary alicyclic amines) is 1. The molecule has 1 saturated heterocycles. The summed E-state index contributed by atoms with van der Waals surface area (Å²) < 4.78 is 10.5. The van der Waals surface area contributed by atoms with Gasteiger partial charge in [0.15, 0.2) is 0 Å². The number of unbranched alkanes of at least 4 members (excludes halogenated alkanes) is 1. The van der Waals surface area contributed by atoms with E-state index in [-0.39, 0.29) is 44.8 Å². The molecular formula is C37H45ClN4O8. The monoisotopic (exact) mass is 708 g/mol. The molecule has 1 heterocycles. The molecule has 0 aliphatic carbocycles. The van der Waals surface area contributed by atoms with Gasteiger partial charge in [-0.3, -0.25) is 14.4 Å². The molecule has 0 bridgehead atoms. The minimum absolute atomic E-state index is 0. The molecule has 5 N–H and O–H groups in total. The number of rotatable bonds is 17. The lowest BCUT2D eigenvalue weighted by Crippen LogP contribution is -2.58. The highest BCUT2D eigenvalue weighted by molar-refractivity contribution is 5.94. The van der Waals surface area contributed by atoms with Crippen LogP contribution in [0, 0.1) is 0 Å². The van der Waals surface area contributed by atoms with Crippen LogP contribution in [0.2, 0.25) is 0 Å². The Balaban J connectivity index is 0.00000676. The minimum atomic E-state index is -1.10. The maximum Gasteiger partial charge on any atom is 0.338 e. The first-order valence-corrected chi connectivity index (χ1v) is 16.4. The first kappa shape index (κ1) is 39.5. The third-order valence-corrected chi connectivity index (χ3v) is 8.44. The summed E-state index contributed by atoms with van der Waals surface area (Å²) in [5, 5.41) is 15.3. The first-order valence-electron chi connectivity index (χ1n) is 16.4. The Kier molecular flexibility index (Phi) is 15.7. The van der Waals surface area contributed by atoms with E-state index in [2.05, 4.69) is 10.6 Å². The average Bonchev–Trinajstić information content (AvgIpc) is 3.62. The van der Waals surface area contributed by atoms with Crippen molar-refractivity contribution in [3.8, 4) is 5.75 Å². The fraction of sp³-hybridized carbons (Fsp3) is 0.378. The first-order chi connectivity index (χ1) is 23.7. The molecule has 50 heavy (non-hydrogen) atoms. The Morgan fingerprint density at radius 1 is 0.840 bits per heavy atom. The van der Waals surface area contributed by atoms with Crippen molar-refractivity contribution in [2.24, 2.45) is 5.73 Å². The summed E-state index contributed by atoms with van der Waals surface area (Å²) in [6.45, 7) is 0.435. The summed E-state index contributed by atoms with van der Waals surface area (Å²) in [7, 11) is 1.54. The normalized spacial score (nSPS) is 15.5. The van der Waals surface area contributed by atoms with Gasteiger partial charge in [-0.2, -0.15) is 0 Å². The number of ether oxygens (including phenoxy) is 2. The summed E-state index contributed by atoms with van der Waals surface area (Å²) in [4.78, 5) is 66.3. The summed E-state index contributed by atoms with van der Waals surface area (Å²) in [5.41, 5.74) is 8.18. The van der Waals surface area contributed by atoms with Gasteiger partial charge in [-0.05, 0) is 67.5 Å². The number of hydrogen-bond acceptors (Lipinski definition) is 8. The molecule has 3 aromatic carbocycles. The second kappa shape index (κ2) is 19.9. The molecule has 13 heteroatoms. The molecule has 0 unspecified atom stereocenters. The Labute approximate surface area is 298 Å². The molecule has 1 fully saturated rings. The lowest BCUT2D eigenvalue weighted by Gasteiger charge is -2.29. The van der Waals surface area contributed by atoms with Gasteiger partial charge in [0.05, 0.1) is 25.3 Å². The van der Waals surface area contributed by atoms with Crippen molar-refractivity contribution >= 4 is 42.1 Å². The molecule has 1 aliphatic rings. The zero-order chi connectivity index (χ0) is 35.2. The molecule has 4 atom stereocenters. The van der Waals surface area contributed by atoms with Crippen molar-refractivity contribution < 1.29 is 38.6 Å². The molecular weight excluding hydrogens is 664 g/mol. The predicted octanol–water partition coefficient (Wildman–Crippen LogP) is 3.30. The SMILES string of the molecule is COc1ccc(C[C@@H](NC(=O)[C@@H](N)CCCCOC(=O)c2ccccc2)C(=O)N[C@@H](Cc2ccccc2)C(=O)N2CCC[C@@H]2C(=O)O)cc1.Cl. The van der Waals surface area contributed by atoms with E-state index in [1.165, 1.54) is 4.90 Å². The number of halogens is 1. The van der Waals surface area contributed by atoms with Crippen LogP contribution in [0.4, 0.5) is 0 Å². The Bertz CT molecular complexity index is 1560. The van der Waals surface area contributed by atoms with Crippen LogP contribution in [0.5, 0.6) is 5.75 Å². The zero-order valence-electron chi connectivity index (χ0n) is 28.0. The molecule has 0 saturated carbocycles. The van der Waals surface area contributed by atoms with Gasteiger partial charge in [0, 0.05) is 19.4 Å². The smallest absolute Gasteiger partial charge is 0.338 e. The van der Waals surface area contributed by atoms with Gasteiger partial charge in [-0.25, -0.2) is 9.59 Å². The van der Waals surface area contributed by atoms with Crippen LogP contribution in [-0.2, 0) is 36.8 Å². The number of amides is 3. The topological polar surface area (TPSA) is 177 Å². The average molecular weight is 709 g/mol. The number of nitrogens with one attached hydrogen (secondary N) is 2. The molecule has 3 amide bonds. The standard InChI is InChI=1S/C37H44N4O8.ClH/c1-48-28-19-17-26(18-20-28)23-30(39-33(42)29(38)15-8-9-22-49-37(47)27-13-6-3-7-14-27)34(43)40-31(24-25-11-4-2-5-12-25)35(44)41-21-10-16-32(41)36(45)46;/h2-7,11-14,17-20,29-32H,8-10,15-16,21-24,38H2,1H3,(H,39,42)(H,40,43)(H,45,46);1H/t29-,30+,31-,32+;/m0./s1. The van der Waals surface area contributed by atoms with Crippen LogP contribution in [0.15, 0.2) is 84.9 Å². The predicted molar refractivity (Wildman–Crippen MR) is 189 cm³/mol. The number of methoxy groups -OCH3 is 1. The van der Waals surface area contributed by atoms with Crippen LogP contribution in [0.1, 0.15) is 53.6 Å². The van der Waals surface area contributed by atoms with E-state index in [1.54, 1.807) is 55.6 Å². The molecule has 4 rings (SSSR count). The molecule has 0 spiro atoms. The van der Waals surface area contributed by atoms with Gasteiger partial charge < -0.3 is 35.8 Å². The zero-order valence-corrected chi connectivity index (χ0v) is 28.8. The van der Waals surface area contributed by atoms with Gasteiger partial charge >= 0.3 is 11.9 Å². The van der Waals surface area contributed by atoms with Gasteiger partial charge in [0.1, 0.15) is 23.9 Å². The van der Waals surface area contributed by atoms with Gasteiger partial charge in [0.25, 0.3) is 0 Å². The fourth-order valence-electron chi connectivity index (χ4n) is 5.71. The Morgan fingerprint density at radius 2 is 1.44 bits per heavy atom. The van der Waals surface area contributed by atoms with Crippen molar-refractivity contribution in [1.82, 2.24) is 15.5 Å². The molecule has 3 aromatic rings. The van der Waals surface area contributed by atoms with E-state index in [0.717, 1.165) is 11.1 Å². The highest BCUT2D eigenvalue weighted by atomic mass is 35.5. The van der Waals surface area contributed by atoms with Crippen LogP contribution >= 0.6 is 12.4 Å². The number of carbonyl (C=O) groups excluding carboxylic acids is 4. The number of hydrogen-bond donors (Lipinski definition) is 4.